The van der Waals surface area contributed by atoms with E-state index in [0.717, 1.165) is 0 Å². The number of benzene rings is 2. The first kappa shape index (κ1) is 19.4. The number of nitrogens with one attached hydrogen (secondary N) is 2. The Hall–Kier alpha value is -3.39. The topological polar surface area (TPSA) is 97.4 Å². The van der Waals surface area contributed by atoms with Gasteiger partial charge in [-0.25, -0.2) is 13.4 Å². The second-order valence-electron chi connectivity index (χ2n) is 5.76. The Bertz CT molecular complexity index is 1050. The highest BCUT2D eigenvalue weighted by Gasteiger charge is 2.15. The predicted octanol–water partition coefficient (Wildman–Crippen LogP) is 3.53. The molecule has 1 heterocycles. The highest BCUT2D eigenvalue weighted by molar-refractivity contribution is 7.92. The van der Waals surface area contributed by atoms with E-state index in [1.807, 2.05) is 6.92 Å². The molecule has 0 aliphatic carbocycles. The summed E-state index contributed by atoms with van der Waals surface area (Å²) in [5, 5.41) is 2.73. The van der Waals surface area contributed by atoms with Crippen LogP contribution in [0.15, 0.2) is 77.8 Å². The Labute approximate surface area is 163 Å². The van der Waals surface area contributed by atoms with Crippen molar-refractivity contribution in [2.45, 2.75) is 11.8 Å². The fourth-order valence-electron chi connectivity index (χ4n) is 2.43. The van der Waals surface area contributed by atoms with E-state index in [1.165, 1.54) is 30.5 Å². The van der Waals surface area contributed by atoms with Gasteiger partial charge < -0.3 is 10.1 Å². The standard InChI is InChI=1S/C20H19N3O4S/c1-2-27-17-7-5-6-15(14-17)20(24)22-16-9-11-18(12-10-16)28(25,26)23-19-8-3-4-13-21-19/h3-14H,2H2,1H3,(H,21,23)(H,22,24). The summed E-state index contributed by atoms with van der Waals surface area (Å²) in [7, 11) is -3.76. The van der Waals surface area contributed by atoms with E-state index in [4.69, 9.17) is 4.74 Å². The highest BCUT2D eigenvalue weighted by Crippen LogP contribution is 2.19. The van der Waals surface area contributed by atoms with Crippen molar-refractivity contribution >= 4 is 27.4 Å². The summed E-state index contributed by atoms with van der Waals surface area (Å²) in [5.41, 5.74) is 0.920. The van der Waals surface area contributed by atoms with Crippen molar-refractivity contribution < 1.29 is 17.9 Å². The zero-order chi connectivity index (χ0) is 20.0. The maximum absolute atomic E-state index is 12.4. The van der Waals surface area contributed by atoms with Gasteiger partial charge in [0.15, 0.2) is 0 Å². The third-order valence-electron chi connectivity index (χ3n) is 3.73. The molecule has 1 amide bonds. The number of aromatic nitrogens is 1. The van der Waals surface area contributed by atoms with Gasteiger partial charge in [0.1, 0.15) is 11.6 Å². The van der Waals surface area contributed by atoms with Crippen LogP contribution in [0.4, 0.5) is 11.5 Å². The summed E-state index contributed by atoms with van der Waals surface area (Å²) in [4.78, 5) is 16.4. The molecule has 0 radical (unpaired) electrons. The number of rotatable bonds is 7. The lowest BCUT2D eigenvalue weighted by Crippen LogP contribution is -2.14. The van der Waals surface area contributed by atoms with E-state index in [1.54, 1.807) is 42.5 Å². The van der Waals surface area contributed by atoms with E-state index in [9.17, 15) is 13.2 Å². The summed E-state index contributed by atoms with van der Waals surface area (Å²) in [6.07, 6.45) is 1.50. The normalized spacial score (nSPS) is 10.9. The van der Waals surface area contributed by atoms with Crippen LogP contribution in [0.5, 0.6) is 5.75 Å². The Kier molecular flexibility index (Phi) is 5.90. The maximum Gasteiger partial charge on any atom is 0.263 e. The number of nitrogens with zero attached hydrogens (tertiary/aromatic N) is 1. The molecule has 3 rings (SSSR count). The molecule has 7 nitrogen and oxygen atoms in total. The maximum atomic E-state index is 12.4. The minimum absolute atomic E-state index is 0.0643. The lowest BCUT2D eigenvalue weighted by Gasteiger charge is -2.09. The zero-order valence-electron chi connectivity index (χ0n) is 15.1. The third kappa shape index (κ3) is 4.86. The first-order chi connectivity index (χ1) is 13.5. The summed E-state index contributed by atoms with van der Waals surface area (Å²) >= 11 is 0. The quantitative estimate of drug-likeness (QED) is 0.636. The van der Waals surface area contributed by atoms with Gasteiger partial charge in [-0.15, -0.1) is 0 Å². The molecule has 0 unspecified atom stereocenters. The van der Waals surface area contributed by atoms with Gasteiger partial charge in [0.25, 0.3) is 15.9 Å². The van der Waals surface area contributed by atoms with Crippen molar-refractivity contribution in [3.8, 4) is 5.75 Å². The van der Waals surface area contributed by atoms with Gasteiger partial charge in [0, 0.05) is 17.4 Å². The first-order valence-corrected chi connectivity index (χ1v) is 10.0. The number of carbonyl (C=O) groups is 1. The Morgan fingerprint density at radius 3 is 2.50 bits per heavy atom. The molecule has 0 saturated heterocycles. The summed E-state index contributed by atoms with van der Waals surface area (Å²) in [6.45, 7) is 2.37. The van der Waals surface area contributed by atoms with Gasteiger partial charge in [0.05, 0.1) is 11.5 Å². The van der Waals surface area contributed by atoms with Crippen molar-refractivity contribution in [2.75, 3.05) is 16.6 Å². The van der Waals surface area contributed by atoms with Crippen LogP contribution in [0.2, 0.25) is 0 Å². The van der Waals surface area contributed by atoms with Crippen LogP contribution >= 0.6 is 0 Å². The monoisotopic (exact) mass is 397 g/mol. The number of ether oxygens (including phenoxy) is 1. The van der Waals surface area contributed by atoms with Gasteiger partial charge in [-0.2, -0.15) is 0 Å². The van der Waals surface area contributed by atoms with Crippen LogP contribution in [0, 0.1) is 0 Å². The van der Waals surface area contributed by atoms with Crippen LogP contribution in [-0.2, 0) is 10.0 Å². The van der Waals surface area contributed by atoms with Crippen LogP contribution < -0.4 is 14.8 Å². The van der Waals surface area contributed by atoms with E-state index >= 15 is 0 Å². The largest absolute Gasteiger partial charge is 0.494 e. The first-order valence-electron chi connectivity index (χ1n) is 8.56. The molecule has 2 aromatic carbocycles. The molecule has 1 aromatic heterocycles. The van der Waals surface area contributed by atoms with Crippen LogP contribution in [-0.4, -0.2) is 25.9 Å². The molecule has 0 spiro atoms. The molecule has 144 valence electrons. The van der Waals surface area contributed by atoms with Gasteiger partial charge in [-0.05, 0) is 61.5 Å². The molecular weight excluding hydrogens is 378 g/mol. The summed E-state index contributed by atoms with van der Waals surface area (Å²) in [5.74, 6) is 0.523. The minimum Gasteiger partial charge on any atom is -0.494 e. The zero-order valence-corrected chi connectivity index (χ0v) is 15.9. The Balaban J connectivity index is 1.70. The molecule has 8 heteroatoms. The number of hydrogen-bond acceptors (Lipinski definition) is 5. The van der Waals surface area contributed by atoms with Crippen LogP contribution in [0.3, 0.4) is 0 Å². The van der Waals surface area contributed by atoms with Crippen molar-refractivity contribution in [2.24, 2.45) is 0 Å². The molecular formula is C20H19N3O4S. The van der Waals surface area contributed by atoms with E-state index in [-0.39, 0.29) is 16.6 Å². The molecule has 0 bridgehead atoms. The molecule has 0 atom stereocenters. The van der Waals surface area contributed by atoms with Crippen molar-refractivity contribution in [3.05, 3.63) is 78.5 Å². The Morgan fingerprint density at radius 2 is 1.82 bits per heavy atom. The van der Waals surface area contributed by atoms with Crippen molar-refractivity contribution in [1.82, 2.24) is 4.98 Å². The molecule has 2 N–H and O–H groups in total. The third-order valence-corrected chi connectivity index (χ3v) is 5.10. The fourth-order valence-corrected chi connectivity index (χ4v) is 3.44. The van der Waals surface area contributed by atoms with Crippen LogP contribution in [0.1, 0.15) is 17.3 Å². The van der Waals surface area contributed by atoms with Crippen molar-refractivity contribution in [3.63, 3.8) is 0 Å². The van der Waals surface area contributed by atoms with Gasteiger partial charge in [-0.3, -0.25) is 9.52 Å². The predicted molar refractivity (Wildman–Crippen MR) is 107 cm³/mol. The smallest absolute Gasteiger partial charge is 0.263 e. The van der Waals surface area contributed by atoms with E-state index < -0.39 is 10.0 Å². The number of sulfonamides is 1. The second kappa shape index (κ2) is 8.53. The average molecular weight is 397 g/mol. The van der Waals surface area contributed by atoms with E-state index in [2.05, 4.69) is 15.0 Å². The highest BCUT2D eigenvalue weighted by atomic mass is 32.2. The molecule has 28 heavy (non-hydrogen) atoms. The number of pyridine rings is 1. The second-order valence-corrected chi connectivity index (χ2v) is 7.44. The molecule has 0 aliphatic heterocycles. The molecule has 0 aliphatic rings. The summed E-state index contributed by atoms with van der Waals surface area (Å²) < 4.78 is 32.6. The molecule has 0 saturated carbocycles. The van der Waals surface area contributed by atoms with Crippen LogP contribution in [0.25, 0.3) is 0 Å². The van der Waals surface area contributed by atoms with Crippen molar-refractivity contribution in [1.29, 1.82) is 0 Å². The SMILES string of the molecule is CCOc1cccc(C(=O)Nc2ccc(S(=O)(=O)Nc3ccccn3)cc2)c1. The lowest BCUT2D eigenvalue weighted by atomic mass is 10.2. The number of hydrogen-bond donors (Lipinski definition) is 2. The lowest BCUT2D eigenvalue weighted by molar-refractivity contribution is 0.102. The van der Waals surface area contributed by atoms with E-state index in [0.29, 0.717) is 23.6 Å². The minimum atomic E-state index is -3.76. The van der Waals surface area contributed by atoms with Gasteiger partial charge in [-0.1, -0.05) is 12.1 Å². The molecule has 3 aromatic rings. The molecule has 0 fully saturated rings. The number of anilines is 2. The fraction of sp³-hybridized carbons (Fsp3) is 0.100. The number of carbonyl (C=O) groups excluding carboxylic acids is 1. The van der Waals surface area contributed by atoms with Gasteiger partial charge >= 0.3 is 0 Å². The average Bonchev–Trinajstić information content (AvgIpc) is 2.69. The number of amides is 1. The summed E-state index contributed by atoms with van der Waals surface area (Å²) in [6, 6.07) is 17.6. The van der Waals surface area contributed by atoms with Gasteiger partial charge in [0.2, 0.25) is 0 Å². The Morgan fingerprint density at radius 1 is 1.04 bits per heavy atom.